The summed E-state index contributed by atoms with van der Waals surface area (Å²) in [4.78, 5) is 2.48. The van der Waals surface area contributed by atoms with Gasteiger partial charge in [-0.3, -0.25) is 4.90 Å². The van der Waals surface area contributed by atoms with E-state index in [1.165, 1.54) is 12.8 Å². The molecule has 2 heterocycles. The third kappa shape index (κ3) is 4.15. The van der Waals surface area contributed by atoms with Crippen molar-refractivity contribution in [1.29, 1.82) is 0 Å². The third-order valence-electron chi connectivity index (χ3n) is 4.57. The molecule has 0 aromatic heterocycles. The van der Waals surface area contributed by atoms with Gasteiger partial charge < -0.3 is 14.6 Å². The first-order valence-electron chi connectivity index (χ1n) is 7.86. The van der Waals surface area contributed by atoms with Crippen LogP contribution in [0.25, 0.3) is 0 Å². The van der Waals surface area contributed by atoms with Gasteiger partial charge in [-0.15, -0.1) is 0 Å². The molecule has 4 nitrogen and oxygen atoms in total. The number of hydrogen-bond acceptors (Lipinski definition) is 4. The average Bonchev–Trinajstić information content (AvgIpc) is 2.44. The van der Waals surface area contributed by atoms with Crippen molar-refractivity contribution < 1.29 is 14.6 Å². The molecule has 1 N–H and O–H groups in total. The Morgan fingerprint density at radius 2 is 2.00 bits per heavy atom. The lowest BCUT2D eigenvalue weighted by Crippen LogP contribution is -2.51. The van der Waals surface area contributed by atoms with Gasteiger partial charge in [-0.1, -0.05) is 13.3 Å². The van der Waals surface area contributed by atoms with E-state index >= 15 is 0 Å². The van der Waals surface area contributed by atoms with Crippen LogP contribution in [0.15, 0.2) is 0 Å². The van der Waals surface area contributed by atoms with E-state index < -0.39 is 0 Å². The van der Waals surface area contributed by atoms with Gasteiger partial charge >= 0.3 is 0 Å². The summed E-state index contributed by atoms with van der Waals surface area (Å²) in [5, 5.41) is 9.28. The molecule has 2 aliphatic rings. The SMILES string of the molecule is CCCCN(CCO)C1CCOC2(CCOCC2)C1. The van der Waals surface area contributed by atoms with Crippen molar-refractivity contribution in [3.05, 3.63) is 0 Å². The van der Waals surface area contributed by atoms with Crippen molar-refractivity contribution in [3.63, 3.8) is 0 Å². The molecule has 1 spiro atoms. The summed E-state index contributed by atoms with van der Waals surface area (Å²) >= 11 is 0. The van der Waals surface area contributed by atoms with Gasteiger partial charge in [0.1, 0.15) is 0 Å². The molecular weight excluding hydrogens is 242 g/mol. The molecule has 2 rings (SSSR count). The van der Waals surface area contributed by atoms with Gasteiger partial charge in [0.2, 0.25) is 0 Å². The van der Waals surface area contributed by atoms with Crippen molar-refractivity contribution in [3.8, 4) is 0 Å². The zero-order valence-electron chi connectivity index (χ0n) is 12.3. The average molecular weight is 271 g/mol. The fourth-order valence-electron chi connectivity index (χ4n) is 3.37. The first-order chi connectivity index (χ1) is 9.29. The molecule has 112 valence electrons. The summed E-state index contributed by atoms with van der Waals surface area (Å²) in [6.45, 7) is 6.92. The Balaban J connectivity index is 1.93. The minimum absolute atomic E-state index is 0.0566. The van der Waals surface area contributed by atoms with Gasteiger partial charge in [-0.05, 0) is 38.6 Å². The number of aliphatic hydroxyl groups excluding tert-OH is 1. The second kappa shape index (κ2) is 7.58. The van der Waals surface area contributed by atoms with E-state index in [4.69, 9.17) is 9.47 Å². The summed E-state index contributed by atoms with van der Waals surface area (Å²) in [6.07, 6.45) is 6.71. The zero-order valence-corrected chi connectivity index (χ0v) is 12.3. The van der Waals surface area contributed by atoms with Crippen molar-refractivity contribution >= 4 is 0 Å². The smallest absolute Gasteiger partial charge is 0.0741 e. The molecule has 0 aliphatic carbocycles. The van der Waals surface area contributed by atoms with E-state index in [2.05, 4.69) is 11.8 Å². The molecule has 2 saturated heterocycles. The molecule has 19 heavy (non-hydrogen) atoms. The Morgan fingerprint density at radius 3 is 2.68 bits per heavy atom. The standard InChI is InChI=1S/C15H29NO3/c1-2-3-7-16(8-9-17)14-4-10-19-15(13-14)5-11-18-12-6-15/h14,17H,2-13H2,1H3. The highest BCUT2D eigenvalue weighted by Crippen LogP contribution is 2.36. The molecule has 0 saturated carbocycles. The van der Waals surface area contributed by atoms with Gasteiger partial charge in [-0.2, -0.15) is 0 Å². The number of rotatable bonds is 6. The number of aliphatic hydroxyl groups is 1. The van der Waals surface area contributed by atoms with E-state index in [1.54, 1.807) is 0 Å². The van der Waals surface area contributed by atoms with Gasteiger partial charge in [-0.25, -0.2) is 0 Å². The van der Waals surface area contributed by atoms with Crippen LogP contribution in [0.4, 0.5) is 0 Å². The van der Waals surface area contributed by atoms with E-state index in [0.717, 1.165) is 58.6 Å². The Morgan fingerprint density at radius 1 is 1.21 bits per heavy atom. The van der Waals surface area contributed by atoms with Crippen molar-refractivity contribution in [2.75, 3.05) is 39.5 Å². The summed E-state index contributed by atoms with van der Waals surface area (Å²) in [6, 6.07) is 0.575. The van der Waals surface area contributed by atoms with Gasteiger partial charge in [0, 0.05) is 32.4 Å². The highest BCUT2D eigenvalue weighted by molar-refractivity contribution is 4.92. The number of ether oxygens (including phenoxy) is 2. The zero-order chi connectivity index (χ0) is 13.6. The van der Waals surface area contributed by atoms with Crippen molar-refractivity contribution in [2.45, 2.75) is 57.1 Å². The molecule has 0 radical (unpaired) electrons. The van der Waals surface area contributed by atoms with Crippen LogP contribution in [0, 0.1) is 0 Å². The minimum atomic E-state index is 0.0566. The highest BCUT2D eigenvalue weighted by atomic mass is 16.5. The lowest BCUT2D eigenvalue weighted by molar-refractivity contribution is -0.152. The predicted molar refractivity (Wildman–Crippen MR) is 75.3 cm³/mol. The number of nitrogens with zero attached hydrogens (tertiary/aromatic N) is 1. The molecule has 0 aromatic carbocycles. The molecular formula is C15H29NO3. The van der Waals surface area contributed by atoms with Crippen LogP contribution in [0.1, 0.15) is 45.4 Å². The minimum Gasteiger partial charge on any atom is -0.395 e. The molecule has 4 heteroatoms. The monoisotopic (exact) mass is 271 g/mol. The van der Waals surface area contributed by atoms with Crippen LogP contribution in [0.5, 0.6) is 0 Å². The fraction of sp³-hybridized carbons (Fsp3) is 1.00. The Bertz CT molecular complexity index is 248. The van der Waals surface area contributed by atoms with E-state index in [0.29, 0.717) is 6.04 Å². The third-order valence-corrected chi connectivity index (χ3v) is 4.57. The summed E-state index contributed by atoms with van der Waals surface area (Å²) < 4.78 is 11.6. The molecule has 1 unspecified atom stereocenters. The van der Waals surface area contributed by atoms with Gasteiger partial charge in [0.25, 0.3) is 0 Å². The number of unbranched alkanes of at least 4 members (excludes halogenated alkanes) is 1. The fourth-order valence-corrected chi connectivity index (χ4v) is 3.37. The first kappa shape index (κ1) is 15.2. The van der Waals surface area contributed by atoms with Gasteiger partial charge in [0.15, 0.2) is 0 Å². The molecule has 0 aromatic rings. The van der Waals surface area contributed by atoms with Crippen LogP contribution >= 0.6 is 0 Å². The van der Waals surface area contributed by atoms with Crippen LogP contribution in [-0.4, -0.2) is 61.2 Å². The van der Waals surface area contributed by atoms with Crippen molar-refractivity contribution in [1.82, 2.24) is 4.90 Å². The van der Waals surface area contributed by atoms with Crippen LogP contribution in [-0.2, 0) is 9.47 Å². The highest BCUT2D eigenvalue weighted by Gasteiger charge is 2.40. The van der Waals surface area contributed by atoms with Crippen LogP contribution in [0.3, 0.4) is 0 Å². The van der Waals surface area contributed by atoms with Crippen LogP contribution < -0.4 is 0 Å². The largest absolute Gasteiger partial charge is 0.395 e. The quantitative estimate of drug-likeness (QED) is 0.800. The van der Waals surface area contributed by atoms with E-state index in [9.17, 15) is 5.11 Å². The maximum absolute atomic E-state index is 9.28. The summed E-state index contributed by atoms with van der Waals surface area (Å²) in [5.74, 6) is 0. The first-order valence-corrected chi connectivity index (χ1v) is 7.86. The second-order valence-electron chi connectivity index (χ2n) is 5.90. The Kier molecular flexibility index (Phi) is 6.07. The van der Waals surface area contributed by atoms with Crippen LogP contribution in [0.2, 0.25) is 0 Å². The predicted octanol–water partition coefficient (Wildman–Crippen LogP) is 1.81. The lowest BCUT2D eigenvalue weighted by Gasteiger charge is -2.46. The normalized spacial score (nSPS) is 27.0. The maximum atomic E-state index is 9.28. The molecule has 2 fully saturated rings. The molecule has 0 bridgehead atoms. The van der Waals surface area contributed by atoms with Gasteiger partial charge in [0.05, 0.1) is 12.2 Å². The maximum Gasteiger partial charge on any atom is 0.0741 e. The molecule has 2 aliphatic heterocycles. The Hall–Kier alpha value is -0.160. The lowest BCUT2D eigenvalue weighted by atomic mass is 9.83. The molecule has 0 amide bonds. The summed E-state index contributed by atoms with van der Waals surface area (Å²) in [5.41, 5.74) is 0.0566. The second-order valence-corrected chi connectivity index (χ2v) is 5.90. The summed E-state index contributed by atoms with van der Waals surface area (Å²) in [7, 11) is 0. The van der Waals surface area contributed by atoms with Crippen molar-refractivity contribution in [2.24, 2.45) is 0 Å². The number of hydrogen-bond donors (Lipinski definition) is 1. The topological polar surface area (TPSA) is 41.9 Å². The Labute approximate surface area is 117 Å². The van der Waals surface area contributed by atoms with E-state index in [1.807, 2.05) is 0 Å². The van der Waals surface area contributed by atoms with E-state index in [-0.39, 0.29) is 12.2 Å². The molecule has 1 atom stereocenters.